The molecule has 0 atom stereocenters. The minimum Gasteiger partial charge on any atom is -0.322 e. The van der Waals surface area contributed by atoms with Crippen LogP contribution in [0.3, 0.4) is 0 Å². The number of hydrogen-bond acceptors (Lipinski definition) is 5. The highest BCUT2D eigenvalue weighted by atomic mass is 32.2. The molecule has 0 aliphatic heterocycles. The van der Waals surface area contributed by atoms with E-state index in [1.165, 1.54) is 0 Å². The van der Waals surface area contributed by atoms with Gasteiger partial charge in [0.05, 0.1) is 17.3 Å². The van der Waals surface area contributed by atoms with Gasteiger partial charge in [-0.25, -0.2) is 4.98 Å². The second-order valence-electron chi connectivity index (χ2n) is 5.48. The fraction of sp³-hybridized carbons (Fsp3) is 0.0556. The number of aromatic nitrogens is 3. The standard InChI is InChI=1S/C18H14N4OS2/c1-11-10-24-18(20-11)25-14-7-5-13(6-8-14)21-17(23)15-4-2-3-12-9-19-22-16(12)15/h2-10H,1H3,(H,19,22)(H,21,23). The van der Waals surface area contributed by atoms with Gasteiger partial charge >= 0.3 is 0 Å². The number of fused-ring (bicyclic) bond motifs is 1. The SMILES string of the molecule is Cc1csc(Sc2ccc(NC(=O)c3cccc4cn[nH]c34)cc2)n1. The summed E-state index contributed by atoms with van der Waals surface area (Å²) in [6.45, 7) is 1.99. The van der Waals surface area contributed by atoms with E-state index >= 15 is 0 Å². The van der Waals surface area contributed by atoms with Crippen molar-refractivity contribution in [3.63, 3.8) is 0 Å². The molecule has 4 aromatic rings. The van der Waals surface area contributed by atoms with Crippen molar-refractivity contribution < 1.29 is 4.79 Å². The van der Waals surface area contributed by atoms with Crippen LogP contribution in [0.1, 0.15) is 16.1 Å². The molecule has 0 aliphatic carbocycles. The molecule has 0 radical (unpaired) electrons. The van der Waals surface area contributed by atoms with Crippen LogP contribution in [0.4, 0.5) is 5.69 Å². The largest absolute Gasteiger partial charge is 0.322 e. The number of rotatable bonds is 4. The molecule has 0 spiro atoms. The number of benzene rings is 2. The van der Waals surface area contributed by atoms with E-state index in [-0.39, 0.29) is 5.91 Å². The monoisotopic (exact) mass is 366 g/mol. The molecule has 0 saturated heterocycles. The van der Waals surface area contributed by atoms with Gasteiger partial charge in [-0.2, -0.15) is 5.10 Å². The highest BCUT2D eigenvalue weighted by Gasteiger charge is 2.11. The van der Waals surface area contributed by atoms with Crippen LogP contribution in [0.15, 0.2) is 63.3 Å². The normalized spacial score (nSPS) is 10.9. The maximum atomic E-state index is 12.5. The van der Waals surface area contributed by atoms with Crippen molar-refractivity contribution in [2.45, 2.75) is 16.2 Å². The Hall–Kier alpha value is -2.64. The molecule has 2 heterocycles. The lowest BCUT2D eigenvalue weighted by molar-refractivity contribution is 0.102. The summed E-state index contributed by atoms with van der Waals surface area (Å²) in [5.74, 6) is -0.161. The van der Waals surface area contributed by atoms with E-state index in [1.807, 2.05) is 48.7 Å². The van der Waals surface area contributed by atoms with Crippen molar-refractivity contribution in [2.24, 2.45) is 0 Å². The van der Waals surface area contributed by atoms with Gasteiger partial charge in [-0.3, -0.25) is 9.89 Å². The third kappa shape index (κ3) is 3.42. The average Bonchev–Trinajstić information content (AvgIpc) is 3.25. The molecule has 0 unspecified atom stereocenters. The Morgan fingerprint density at radius 1 is 1.20 bits per heavy atom. The molecule has 4 rings (SSSR count). The van der Waals surface area contributed by atoms with E-state index in [9.17, 15) is 4.79 Å². The van der Waals surface area contributed by atoms with Crippen molar-refractivity contribution in [1.29, 1.82) is 0 Å². The molecule has 0 saturated carbocycles. The maximum absolute atomic E-state index is 12.5. The quantitative estimate of drug-likeness (QED) is 0.548. The first-order valence-electron chi connectivity index (χ1n) is 7.62. The van der Waals surface area contributed by atoms with E-state index < -0.39 is 0 Å². The average molecular weight is 366 g/mol. The number of aryl methyl sites for hydroxylation is 1. The van der Waals surface area contributed by atoms with Crippen LogP contribution in [0.5, 0.6) is 0 Å². The number of thiazole rings is 1. The highest BCUT2D eigenvalue weighted by molar-refractivity contribution is 8.01. The number of anilines is 1. The number of amides is 1. The Bertz CT molecular complexity index is 1040. The number of hydrogen-bond donors (Lipinski definition) is 2. The van der Waals surface area contributed by atoms with E-state index in [0.29, 0.717) is 5.56 Å². The second kappa shape index (κ2) is 6.70. The third-order valence-corrected chi connectivity index (χ3v) is 5.70. The van der Waals surface area contributed by atoms with Gasteiger partial charge in [0, 0.05) is 27.0 Å². The summed E-state index contributed by atoms with van der Waals surface area (Å²) in [4.78, 5) is 18.1. The Labute approximate surface area is 152 Å². The molecule has 7 heteroatoms. The van der Waals surface area contributed by atoms with Crippen LogP contribution in [0.2, 0.25) is 0 Å². The van der Waals surface area contributed by atoms with E-state index in [1.54, 1.807) is 35.4 Å². The van der Waals surface area contributed by atoms with Crippen molar-refractivity contribution in [1.82, 2.24) is 15.2 Å². The lowest BCUT2D eigenvalue weighted by Crippen LogP contribution is -2.12. The number of H-pyrrole nitrogens is 1. The van der Waals surface area contributed by atoms with Crippen LogP contribution in [0, 0.1) is 6.92 Å². The molecule has 5 nitrogen and oxygen atoms in total. The maximum Gasteiger partial charge on any atom is 0.257 e. The Balaban J connectivity index is 1.49. The summed E-state index contributed by atoms with van der Waals surface area (Å²) in [5, 5.41) is 12.7. The molecule has 124 valence electrons. The van der Waals surface area contributed by atoms with E-state index in [2.05, 4.69) is 20.5 Å². The van der Waals surface area contributed by atoms with Crippen molar-refractivity contribution >= 4 is 45.6 Å². The molecular formula is C18H14N4OS2. The van der Waals surface area contributed by atoms with Crippen LogP contribution < -0.4 is 5.32 Å². The highest BCUT2D eigenvalue weighted by Crippen LogP contribution is 2.31. The van der Waals surface area contributed by atoms with Crippen molar-refractivity contribution in [2.75, 3.05) is 5.32 Å². The zero-order valence-corrected chi connectivity index (χ0v) is 14.9. The summed E-state index contributed by atoms with van der Waals surface area (Å²) in [5.41, 5.74) is 3.10. The third-order valence-electron chi connectivity index (χ3n) is 3.64. The lowest BCUT2D eigenvalue weighted by atomic mass is 10.1. The topological polar surface area (TPSA) is 70.7 Å². The molecule has 0 aliphatic rings. The van der Waals surface area contributed by atoms with Crippen LogP contribution in [0.25, 0.3) is 10.9 Å². The fourth-order valence-corrected chi connectivity index (χ4v) is 4.25. The van der Waals surface area contributed by atoms with Gasteiger partial charge in [-0.1, -0.05) is 23.9 Å². The Kier molecular flexibility index (Phi) is 4.25. The van der Waals surface area contributed by atoms with Crippen LogP contribution in [-0.4, -0.2) is 21.1 Å². The molecular weight excluding hydrogens is 352 g/mol. The lowest BCUT2D eigenvalue weighted by Gasteiger charge is -2.07. The minimum absolute atomic E-state index is 0.161. The molecule has 2 N–H and O–H groups in total. The van der Waals surface area contributed by atoms with Crippen molar-refractivity contribution in [3.05, 3.63) is 65.3 Å². The predicted octanol–water partition coefficient (Wildman–Crippen LogP) is 4.73. The van der Waals surface area contributed by atoms with Crippen LogP contribution >= 0.6 is 23.1 Å². The number of nitrogens with zero attached hydrogens (tertiary/aromatic N) is 2. The van der Waals surface area contributed by atoms with Gasteiger partial charge in [0.1, 0.15) is 0 Å². The number of para-hydroxylation sites is 1. The predicted molar refractivity (Wildman–Crippen MR) is 101 cm³/mol. The summed E-state index contributed by atoms with van der Waals surface area (Å²) in [6, 6.07) is 13.3. The number of carbonyl (C=O) groups is 1. The minimum atomic E-state index is -0.161. The number of carbonyl (C=O) groups excluding carboxylic acids is 1. The van der Waals surface area contributed by atoms with E-state index in [4.69, 9.17) is 0 Å². The zero-order valence-electron chi connectivity index (χ0n) is 13.3. The second-order valence-corrected chi connectivity index (χ2v) is 7.65. The van der Waals surface area contributed by atoms with Gasteiger partial charge in [0.25, 0.3) is 5.91 Å². The molecule has 2 aromatic heterocycles. The molecule has 25 heavy (non-hydrogen) atoms. The molecule has 2 aromatic carbocycles. The van der Waals surface area contributed by atoms with Gasteiger partial charge < -0.3 is 5.32 Å². The molecule has 0 fully saturated rings. The van der Waals surface area contributed by atoms with Gasteiger partial charge in [-0.15, -0.1) is 11.3 Å². The van der Waals surface area contributed by atoms with Crippen LogP contribution in [-0.2, 0) is 0 Å². The number of nitrogens with one attached hydrogen (secondary N) is 2. The van der Waals surface area contributed by atoms with Crippen molar-refractivity contribution in [3.8, 4) is 0 Å². The smallest absolute Gasteiger partial charge is 0.257 e. The zero-order chi connectivity index (χ0) is 17.2. The summed E-state index contributed by atoms with van der Waals surface area (Å²) >= 11 is 3.25. The summed E-state index contributed by atoms with van der Waals surface area (Å²) in [6.07, 6.45) is 1.71. The summed E-state index contributed by atoms with van der Waals surface area (Å²) < 4.78 is 1.01. The Morgan fingerprint density at radius 2 is 2.04 bits per heavy atom. The Morgan fingerprint density at radius 3 is 2.80 bits per heavy atom. The van der Waals surface area contributed by atoms with Gasteiger partial charge in [-0.05, 0) is 37.3 Å². The summed E-state index contributed by atoms with van der Waals surface area (Å²) in [7, 11) is 0. The number of aromatic amines is 1. The van der Waals surface area contributed by atoms with Gasteiger partial charge in [0.15, 0.2) is 4.34 Å². The fourth-order valence-electron chi connectivity index (χ4n) is 2.44. The van der Waals surface area contributed by atoms with Gasteiger partial charge in [0.2, 0.25) is 0 Å². The first kappa shape index (κ1) is 15.9. The molecule has 1 amide bonds. The first-order valence-corrected chi connectivity index (χ1v) is 9.32. The molecule has 0 bridgehead atoms. The first-order chi connectivity index (χ1) is 12.2. The van der Waals surface area contributed by atoms with E-state index in [0.717, 1.165) is 31.5 Å².